The summed E-state index contributed by atoms with van der Waals surface area (Å²) < 4.78 is 98.3. The molecule has 4 nitrogen and oxygen atoms in total. The van der Waals surface area contributed by atoms with Gasteiger partial charge in [-0.2, -0.15) is 26.3 Å². The van der Waals surface area contributed by atoms with Gasteiger partial charge in [-0.25, -0.2) is 0 Å². The Balaban J connectivity index is 1.14. The minimum atomic E-state index is -4.80. The highest BCUT2D eigenvalue weighted by Gasteiger charge is 2.50. The van der Waals surface area contributed by atoms with Crippen molar-refractivity contribution in [2.75, 3.05) is 19.6 Å². The number of alkyl halides is 6. The third-order valence-electron chi connectivity index (χ3n) is 20.5. The van der Waals surface area contributed by atoms with E-state index in [4.69, 9.17) is 0 Å². The predicted octanol–water partition coefficient (Wildman–Crippen LogP) is 26.0. The third-order valence-corrected chi connectivity index (χ3v) is 20.5. The van der Waals surface area contributed by atoms with E-state index >= 15 is 26.3 Å². The second-order valence-corrected chi connectivity index (χ2v) is 28.2. The van der Waals surface area contributed by atoms with Crippen LogP contribution in [0.3, 0.4) is 0 Å². The van der Waals surface area contributed by atoms with E-state index in [0.717, 1.165) is 78.3 Å². The zero-order chi connectivity index (χ0) is 73.1. The van der Waals surface area contributed by atoms with Crippen LogP contribution in [0.25, 0.3) is 66.8 Å². The first kappa shape index (κ1) is 67.3. The zero-order valence-electron chi connectivity index (χ0n) is 58.8. The maximum atomic E-state index is 16.4. The van der Waals surface area contributed by atoms with E-state index in [2.05, 4.69) is 150 Å². The highest BCUT2D eigenvalue weighted by Crippen LogP contribution is 2.58. The van der Waals surface area contributed by atoms with Crippen LogP contribution in [0, 0.1) is 0 Å². The Morgan fingerprint density at radius 3 is 0.692 bits per heavy atom. The summed E-state index contributed by atoms with van der Waals surface area (Å²) in [5.74, 6) is 0. The van der Waals surface area contributed by atoms with E-state index in [1.54, 1.807) is 0 Å². The SMILES string of the molecule is CC(C)(C)c1cc2c3c(c1)N(c1c(-c4ccccc4)cc(C(F)(F)F)cc1-c1ccccc1)c1cc(N(c4ccccc4)c4ccccc4)cc(-c4ccccc4)c1B3c1c(-c3ccccc3)cc(N(c3ccccc3)c3ccccc3)cc1N2c1c(-c2ccccc2)cc(C(F)(F)F)cc1-c1ccccc1. The Labute approximate surface area is 619 Å². The number of hydrogen-bond donors (Lipinski definition) is 0. The Morgan fingerprint density at radius 2 is 0.458 bits per heavy atom. The molecule has 0 fully saturated rings. The predicted molar refractivity (Wildman–Crippen MR) is 431 cm³/mol. The van der Waals surface area contributed by atoms with Crippen LogP contribution in [-0.2, 0) is 17.8 Å². The maximum absolute atomic E-state index is 16.4. The minimum absolute atomic E-state index is 0.318. The van der Waals surface area contributed by atoms with E-state index in [9.17, 15) is 0 Å². The molecule has 0 bridgehead atoms. The molecule has 15 aromatic carbocycles. The van der Waals surface area contributed by atoms with Crippen LogP contribution < -0.4 is 36.0 Å². The van der Waals surface area contributed by atoms with Crippen molar-refractivity contribution in [2.24, 2.45) is 0 Å². The van der Waals surface area contributed by atoms with Crippen molar-refractivity contribution >= 4 is 91.3 Å². The van der Waals surface area contributed by atoms with Crippen LogP contribution in [0.4, 0.5) is 94.6 Å². The maximum Gasteiger partial charge on any atom is 0.416 e. The molecule has 0 spiro atoms. The van der Waals surface area contributed by atoms with Gasteiger partial charge in [0.1, 0.15) is 0 Å². The number of nitrogens with zero attached hydrogens (tertiary/aromatic N) is 4. The first-order chi connectivity index (χ1) is 52.0. The molecule has 0 saturated carbocycles. The molecule has 0 unspecified atom stereocenters. The van der Waals surface area contributed by atoms with Crippen LogP contribution in [0.2, 0.25) is 0 Å². The Morgan fingerprint density at radius 1 is 0.234 bits per heavy atom. The lowest BCUT2D eigenvalue weighted by molar-refractivity contribution is -0.138. The quantitative estimate of drug-likeness (QED) is 0.0795. The van der Waals surface area contributed by atoms with Gasteiger partial charge in [0.15, 0.2) is 0 Å². The van der Waals surface area contributed by atoms with Gasteiger partial charge in [-0.05, 0) is 181 Å². The molecule has 15 aromatic rings. The normalized spacial score (nSPS) is 12.5. The van der Waals surface area contributed by atoms with Gasteiger partial charge in [0.25, 0.3) is 6.71 Å². The van der Waals surface area contributed by atoms with Crippen molar-refractivity contribution in [1.82, 2.24) is 0 Å². The summed E-state index contributed by atoms with van der Waals surface area (Å²) in [7, 11) is 0. The molecule has 0 aromatic heterocycles. The average molecular weight is 1400 g/mol. The molecular formula is C96H69BF6N4. The molecule has 0 N–H and O–H groups in total. The first-order valence-electron chi connectivity index (χ1n) is 35.8. The van der Waals surface area contributed by atoms with Gasteiger partial charge in [0, 0.05) is 79.1 Å². The monoisotopic (exact) mass is 1400 g/mol. The smallest absolute Gasteiger partial charge is 0.310 e. The fourth-order valence-electron chi connectivity index (χ4n) is 15.7. The fourth-order valence-corrected chi connectivity index (χ4v) is 15.7. The lowest BCUT2D eigenvalue weighted by Gasteiger charge is -2.48. The summed E-state index contributed by atoms with van der Waals surface area (Å²) in [4.78, 5) is 8.95. The zero-order valence-corrected chi connectivity index (χ0v) is 58.8. The van der Waals surface area contributed by atoms with E-state index in [1.165, 1.54) is 24.3 Å². The number of halogens is 6. The van der Waals surface area contributed by atoms with Gasteiger partial charge in [-0.1, -0.05) is 276 Å². The highest BCUT2D eigenvalue weighted by molar-refractivity contribution is 7.02. The number of benzene rings is 15. The summed E-state index contributed by atoms with van der Waals surface area (Å²) in [5.41, 5.74) is 16.4. The fraction of sp³-hybridized carbons (Fsp3) is 0.0625. The number of rotatable bonds is 14. The highest BCUT2D eigenvalue weighted by atomic mass is 19.4. The molecule has 2 aliphatic heterocycles. The first-order valence-corrected chi connectivity index (χ1v) is 35.8. The molecule has 0 aliphatic carbocycles. The van der Waals surface area contributed by atoms with Crippen molar-refractivity contribution in [2.45, 2.75) is 38.5 Å². The second kappa shape index (κ2) is 27.3. The molecule has 0 atom stereocenters. The Bertz CT molecular complexity index is 5200. The topological polar surface area (TPSA) is 13.0 Å². The van der Waals surface area contributed by atoms with Crippen molar-refractivity contribution in [3.63, 3.8) is 0 Å². The van der Waals surface area contributed by atoms with Gasteiger partial charge in [-0.3, -0.25) is 0 Å². The van der Waals surface area contributed by atoms with Crippen LogP contribution >= 0.6 is 0 Å². The molecule has 11 heteroatoms. The van der Waals surface area contributed by atoms with Crippen LogP contribution in [0.1, 0.15) is 37.5 Å². The molecule has 17 rings (SSSR count). The summed E-state index contributed by atoms with van der Waals surface area (Å²) in [6.45, 7) is 5.69. The van der Waals surface area contributed by atoms with E-state index in [1.807, 2.05) is 231 Å². The number of hydrogen-bond acceptors (Lipinski definition) is 4. The van der Waals surface area contributed by atoms with Crippen LogP contribution in [0.5, 0.6) is 0 Å². The molecule has 518 valence electrons. The minimum Gasteiger partial charge on any atom is -0.310 e. The molecule has 107 heavy (non-hydrogen) atoms. The van der Waals surface area contributed by atoms with E-state index in [-0.39, 0.29) is 0 Å². The summed E-state index contributed by atoms with van der Waals surface area (Å²) in [6, 6.07) is 117. The van der Waals surface area contributed by atoms with Crippen LogP contribution in [0.15, 0.2) is 364 Å². The van der Waals surface area contributed by atoms with Crippen molar-refractivity contribution < 1.29 is 26.3 Å². The average Bonchev–Trinajstić information content (AvgIpc) is 0.677. The van der Waals surface area contributed by atoms with Gasteiger partial charge in [-0.15, -0.1) is 0 Å². The van der Waals surface area contributed by atoms with Gasteiger partial charge >= 0.3 is 12.4 Å². The summed E-state index contributed by atoms with van der Waals surface area (Å²) in [5, 5.41) is 0. The van der Waals surface area contributed by atoms with Crippen molar-refractivity contribution in [3.8, 4) is 66.8 Å². The molecule has 2 heterocycles. The third kappa shape index (κ3) is 12.5. The van der Waals surface area contributed by atoms with Crippen LogP contribution in [-0.4, -0.2) is 6.71 Å². The number of para-hydroxylation sites is 4. The van der Waals surface area contributed by atoms with E-state index < -0.39 is 35.6 Å². The molecular weight excluding hydrogens is 1330 g/mol. The van der Waals surface area contributed by atoms with Crippen molar-refractivity contribution in [3.05, 3.63) is 381 Å². The van der Waals surface area contributed by atoms with Crippen molar-refractivity contribution in [1.29, 1.82) is 0 Å². The molecule has 2 aliphatic rings. The lowest BCUT2D eigenvalue weighted by atomic mass is 9.31. The lowest BCUT2D eigenvalue weighted by Crippen LogP contribution is -2.62. The summed E-state index contributed by atoms with van der Waals surface area (Å²) in [6.07, 6.45) is -9.60. The molecule has 0 amide bonds. The molecule has 0 radical (unpaired) electrons. The van der Waals surface area contributed by atoms with Gasteiger partial charge in [0.05, 0.1) is 22.5 Å². The second-order valence-electron chi connectivity index (χ2n) is 28.2. The number of fused-ring (bicyclic) bond motifs is 4. The Kier molecular flexibility index (Phi) is 17.2. The van der Waals surface area contributed by atoms with Gasteiger partial charge < -0.3 is 19.6 Å². The molecule has 0 saturated heterocycles. The largest absolute Gasteiger partial charge is 0.416 e. The summed E-state index contributed by atoms with van der Waals surface area (Å²) >= 11 is 0. The van der Waals surface area contributed by atoms with E-state index in [0.29, 0.717) is 78.6 Å². The Hall–Kier alpha value is -12.9. The van der Waals surface area contributed by atoms with Gasteiger partial charge in [0.2, 0.25) is 0 Å². The standard InChI is InChI=1S/C96H69BF6N4/c1-94(2,3)70-58-85-91-86(59-70)107(93-83(68-42-22-8-23-43-68)56-72(96(101,102)103)57-84(93)69-44-24-9-25-45-69)88-63-78(105(75-50-30-12-31-51-75)76-52-32-13-33-53-76)61-80(65-36-16-5-17-37-65)90(88)97(91)89-79(64-34-14-4-15-35-64)60-77(104(73-46-26-10-27-47-73)74-48-28-11-29-49-74)62-87(89)106(85)92-81(66-38-18-6-19-39-66)54-71(95(98,99)100)55-82(92)67-40-20-7-21-41-67/h4-63H,1-3H3. The number of anilines is 12.